The fraction of sp³-hybridized carbons (Fsp3) is 0.754. The highest BCUT2D eigenvalue weighted by Crippen LogP contribution is 2.38. The molecule has 17 heteroatoms. The number of cyclic esters (lactones) is 1. The Morgan fingerprint density at radius 1 is 0.878 bits per heavy atom. The number of allylic oxidation sites excluding steroid dienone is 6. The van der Waals surface area contributed by atoms with Crippen molar-refractivity contribution in [1.82, 2.24) is 4.90 Å². The van der Waals surface area contributed by atoms with Gasteiger partial charge >= 0.3 is 5.97 Å². The molecule has 3 heterocycles. The topological polar surface area (TPSA) is 248 Å². The normalized spacial score (nSPS) is 36.9. The molecule has 0 radical (unpaired) electrons. The Labute approximate surface area is 440 Å². The number of unbranched alkanes of at least 4 members (excludes halogenated alkanes) is 1. The average Bonchev–Trinajstić information content (AvgIpc) is 3.37. The van der Waals surface area contributed by atoms with Crippen LogP contribution in [0.2, 0.25) is 0 Å². The maximum absolute atomic E-state index is 14.6. The molecule has 3 fully saturated rings. The van der Waals surface area contributed by atoms with Crippen LogP contribution >= 0.6 is 0 Å². The van der Waals surface area contributed by atoms with Gasteiger partial charge in [-0.05, 0) is 120 Å². The number of ether oxygens (including phenoxy) is 6. The first-order valence-electron chi connectivity index (χ1n) is 27.2. The fourth-order valence-corrected chi connectivity index (χ4v) is 11.0. The number of hydrogen-bond acceptors (Lipinski definition) is 15. The van der Waals surface area contributed by atoms with Crippen LogP contribution < -0.4 is 5.73 Å². The van der Waals surface area contributed by atoms with Gasteiger partial charge in [-0.3, -0.25) is 24.0 Å². The molecule has 0 aromatic heterocycles. The number of Topliss-reactive ketones (excluding diaryl/α,β-unsaturated/α-hetero) is 3. The van der Waals surface area contributed by atoms with Gasteiger partial charge in [0.05, 0.1) is 37.6 Å². The minimum atomic E-state index is -2.50. The number of aliphatic hydroxyl groups excluding tert-OH is 2. The summed E-state index contributed by atoms with van der Waals surface area (Å²) in [6.07, 6.45) is 12.6. The van der Waals surface area contributed by atoms with Crippen LogP contribution in [0.25, 0.3) is 0 Å². The molecule has 1 saturated carbocycles. The van der Waals surface area contributed by atoms with E-state index in [1.54, 1.807) is 40.9 Å². The molecule has 0 spiro atoms. The first-order valence-corrected chi connectivity index (χ1v) is 27.2. The van der Waals surface area contributed by atoms with E-state index in [0.29, 0.717) is 76.4 Å². The number of primary amides is 1. The molecule has 2 amide bonds. The van der Waals surface area contributed by atoms with E-state index in [4.69, 9.17) is 34.2 Å². The van der Waals surface area contributed by atoms with Gasteiger partial charge in [-0.1, -0.05) is 71.1 Å². The van der Waals surface area contributed by atoms with Gasteiger partial charge in [0.2, 0.25) is 11.7 Å². The van der Waals surface area contributed by atoms with Crippen LogP contribution in [0.5, 0.6) is 0 Å². The molecule has 2 bridgehead atoms. The van der Waals surface area contributed by atoms with Crippen molar-refractivity contribution < 1.29 is 72.5 Å². The smallest absolute Gasteiger partial charge is 0.329 e. The van der Waals surface area contributed by atoms with E-state index in [-0.39, 0.29) is 87.0 Å². The zero-order chi connectivity index (χ0) is 54.7. The fourth-order valence-electron chi connectivity index (χ4n) is 11.0. The summed E-state index contributed by atoms with van der Waals surface area (Å²) in [5.74, 6) is -8.71. The summed E-state index contributed by atoms with van der Waals surface area (Å²) in [6.45, 7) is 13.1. The summed E-state index contributed by atoms with van der Waals surface area (Å²) in [6, 6.07) is -1.18. The lowest BCUT2D eigenvalue weighted by molar-refractivity contribution is -0.266. The number of esters is 1. The minimum Gasteiger partial charge on any atom is -0.460 e. The lowest BCUT2D eigenvalue weighted by atomic mass is 9.78. The van der Waals surface area contributed by atoms with Gasteiger partial charge in [-0.2, -0.15) is 0 Å². The Kier molecular flexibility index (Phi) is 26.0. The Balaban J connectivity index is 1.71. The number of hydrogen-bond donors (Lipinski definition) is 4. The van der Waals surface area contributed by atoms with E-state index in [2.05, 4.69) is 0 Å². The quantitative estimate of drug-likeness (QED) is 0.0653. The van der Waals surface area contributed by atoms with Crippen molar-refractivity contribution in [2.75, 3.05) is 40.6 Å². The van der Waals surface area contributed by atoms with Crippen molar-refractivity contribution in [1.29, 1.82) is 0 Å². The number of methoxy groups -OCH3 is 2. The molecule has 1 aliphatic carbocycles. The van der Waals surface area contributed by atoms with Gasteiger partial charge in [0, 0.05) is 64.4 Å². The number of nitrogens with two attached hydrogens (primary N) is 1. The Bertz CT molecular complexity index is 1980. The highest BCUT2D eigenvalue weighted by Gasteiger charge is 2.53. The van der Waals surface area contributed by atoms with E-state index in [1.807, 2.05) is 51.2 Å². The predicted octanol–water partition coefficient (Wildman–Crippen LogP) is 6.22. The number of nitrogens with zero attached hydrogens (tertiary/aromatic N) is 1. The number of aliphatic hydroxyl groups is 3. The van der Waals surface area contributed by atoms with E-state index >= 15 is 0 Å². The first-order chi connectivity index (χ1) is 35.1. The number of piperidine rings is 1. The Morgan fingerprint density at radius 2 is 1.62 bits per heavy atom. The summed E-state index contributed by atoms with van der Waals surface area (Å²) in [7, 11) is 2.99. The Hall–Kier alpha value is -3.94. The first kappa shape index (κ1) is 62.6. The third-order valence-electron chi connectivity index (χ3n) is 15.7. The van der Waals surface area contributed by atoms with E-state index in [1.165, 1.54) is 12.0 Å². The van der Waals surface area contributed by atoms with Crippen LogP contribution in [0.4, 0.5) is 0 Å². The zero-order valence-electron chi connectivity index (χ0n) is 45.7. The van der Waals surface area contributed by atoms with Crippen molar-refractivity contribution in [2.24, 2.45) is 41.2 Å². The largest absolute Gasteiger partial charge is 0.460 e. The highest BCUT2D eigenvalue weighted by molar-refractivity contribution is 6.39. The van der Waals surface area contributed by atoms with Crippen LogP contribution in [0.3, 0.4) is 0 Å². The SMILES string of the molecule is CO[C@@H]1C[C@H](C[C@@H](C)[C@@H]2CC(=O)[C@H](C)/C=C(\C)[C@@H](O)[C@@H](OC)C(=O)[C@H](C)C[C@H](C)/C=C/C=C/C=C(\C)C(OCCCCC(N)=O)C[C@@H]3CC[C@@H](C)[C@@](O)(O3)C(=O)C(=O)N3CCCC[C@H]3C(=O)O2)CC[C@H]1OCCO. The van der Waals surface area contributed by atoms with Crippen LogP contribution in [0.1, 0.15) is 145 Å². The second-order valence-electron chi connectivity index (χ2n) is 21.7. The van der Waals surface area contributed by atoms with Gasteiger partial charge in [-0.25, -0.2) is 4.79 Å². The number of amides is 2. The average molecular weight is 1040 g/mol. The lowest BCUT2D eigenvalue weighted by Crippen LogP contribution is -2.61. The molecule has 0 aromatic rings. The molecule has 17 nitrogen and oxygen atoms in total. The minimum absolute atomic E-state index is 0.0215. The number of rotatable bonds is 14. The highest BCUT2D eigenvalue weighted by atomic mass is 16.6. The second kappa shape index (κ2) is 30.7. The molecular weight excluding hydrogens is 953 g/mol. The molecule has 4 rings (SSSR count). The van der Waals surface area contributed by atoms with E-state index < -0.39 is 83.7 Å². The molecule has 2 saturated heterocycles. The van der Waals surface area contributed by atoms with Crippen LogP contribution in [-0.2, 0) is 57.2 Å². The molecule has 5 N–H and O–H groups in total. The van der Waals surface area contributed by atoms with Crippen LogP contribution in [-0.4, -0.2) is 150 Å². The maximum atomic E-state index is 14.6. The summed E-state index contributed by atoms with van der Waals surface area (Å²) in [5, 5.41) is 33.1. The summed E-state index contributed by atoms with van der Waals surface area (Å²) in [5.41, 5.74) is 6.56. The standard InChI is InChI=1S/C57H90N2O15/c1-35-17-11-10-12-18-36(2)47(71-27-16-14-20-50(58)62)33-43-23-21-41(7)57(68,74-43)54(65)55(66)59-25-15-13-19-44(59)56(67)73-48(38(4)31-42-22-24-46(72-28-26-60)49(32-42)69-8)34-45(61)37(3)30-40(6)52(64)53(70-9)51(63)39(5)29-35/h10-12,17-18,30,35,37-39,41-44,46-49,52-53,60,64,68H,13-16,19-29,31-34H2,1-9H3,(H2,58,62)/b12-10+,17-11+,36-18+,40-30+/t35-,37-,38-,39-,41-,42+,43+,44+,46-,47?,48+,49-,52-,53+,57-/m1/s1. The third-order valence-corrected chi connectivity index (χ3v) is 15.7. The second-order valence-corrected chi connectivity index (χ2v) is 21.7. The molecule has 74 heavy (non-hydrogen) atoms. The van der Waals surface area contributed by atoms with Crippen molar-refractivity contribution in [3.63, 3.8) is 0 Å². The molecular formula is C57H90N2O15. The number of carbonyl (C=O) groups excluding carboxylic acids is 6. The molecule has 15 atom stereocenters. The number of ketones is 3. The maximum Gasteiger partial charge on any atom is 0.329 e. The van der Waals surface area contributed by atoms with Gasteiger partial charge in [0.15, 0.2) is 5.78 Å². The molecule has 3 aliphatic heterocycles. The molecule has 0 aromatic carbocycles. The van der Waals surface area contributed by atoms with Crippen molar-refractivity contribution in [3.8, 4) is 0 Å². The van der Waals surface area contributed by atoms with Gasteiger partial charge in [0.25, 0.3) is 11.7 Å². The van der Waals surface area contributed by atoms with Gasteiger partial charge in [0.1, 0.15) is 30.1 Å². The van der Waals surface area contributed by atoms with Crippen molar-refractivity contribution in [3.05, 3.63) is 47.6 Å². The van der Waals surface area contributed by atoms with Gasteiger partial charge in [-0.15, -0.1) is 0 Å². The summed E-state index contributed by atoms with van der Waals surface area (Å²) < 4.78 is 36.2. The summed E-state index contributed by atoms with van der Waals surface area (Å²) >= 11 is 0. The van der Waals surface area contributed by atoms with Crippen molar-refractivity contribution in [2.45, 2.75) is 199 Å². The summed E-state index contributed by atoms with van der Waals surface area (Å²) in [4.78, 5) is 84.1. The number of fused-ring (bicyclic) bond motifs is 3. The van der Waals surface area contributed by atoms with Crippen LogP contribution in [0, 0.1) is 35.5 Å². The van der Waals surface area contributed by atoms with Crippen molar-refractivity contribution >= 4 is 35.1 Å². The van der Waals surface area contributed by atoms with E-state index in [9.17, 15) is 44.1 Å². The molecule has 4 aliphatic rings. The van der Waals surface area contributed by atoms with Gasteiger partial charge < -0.3 is 54.4 Å². The predicted molar refractivity (Wildman–Crippen MR) is 278 cm³/mol. The monoisotopic (exact) mass is 1040 g/mol. The zero-order valence-corrected chi connectivity index (χ0v) is 45.7. The molecule has 1 unspecified atom stereocenters. The van der Waals surface area contributed by atoms with Crippen LogP contribution in [0.15, 0.2) is 47.6 Å². The third kappa shape index (κ3) is 18.1. The van der Waals surface area contributed by atoms with E-state index in [0.717, 1.165) is 12.0 Å². The lowest BCUT2D eigenvalue weighted by Gasteiger charge is -2.43. The molecule has 418 valence electrons. The Morgan fingerprint density at radius 3 is 2.31 bits per heavy atom. The number of carbonyl (C=O) groups is 6.